The SMILES string of the molecule is CC(=O)Nc1c(I)cc(N)cc1C(F)(F)F. The fourth-order valence-electron chi connectivity index (χ4n) is 1.15. The van der Waals surface area contributed by atoms with Crippen LogP contribution < -0.4 is 11.1 Å². The number of alkyl halides is 3. The van der Waals surface area contributed by atoms with Gasteiger partial charge in [-0.25, -0.2) is 0 Å². The molecular formula is C9H8F3IN2O. The minimum absolute atomic E-state index is 0.00540. The van der Waals surface area contributed by atoms with E-state index in [1.165, 1.54) is 6.07 Å². The summed E-state index contributed by atoms with van der Waals surface area (Å²) in [5.41, 5.74) is 4.15. The number of halogens is 4. The van der Waals surface area contributed by atoms with Gasteiger partial charge in [0.1, 0.15) is 0 Å². The van der Waals surface area contributed by atoms with Crippen LogP contribution in [-0.2, 0) is 11.0 Å². The molecule has 88 valence electrons. The summed E-state index contributed by atoms with van der Waals surface area (Å²) in [5, 5.41) is 2.15. The van der Waals surface area contributed by atoms with Crippen LogP contribution in [0.25, 0.3) is 0 Å². The van der Waals surface area contributed by atoms with Crippen molar-refractivity contribution in [3.05, 3.63) is 21.3 Å². The fraction of sp³-hybridized carbons (Fsp3) is 0.222. The van der Waals surface area contributed by atoms with Crippen LogP contribution in [-0.4, -0.2) is 5.91 Å². The molecule has 3 N–H and O–H groups in total. The van der Waals surface area contributed by atoms with E-state index < -0.39 is 17.6 Å². The van der Waals surface area contributed by atoms with Crippen LogP contribution >= 0.6 is 22.6 Å². The highest BCUT2D eigenvalue weighted by molar-refractivity contribution is 14.1. The van der Waals surface area contributed by atoms with E-state index in [9.17, 15) is 18.0 Å². The van der Waals surface area contributed by atoms with Gasteiger partial charge < -0.3 is 11.1 Å². The first-order chi connectivity index (χ1) is 7.21. The summed E-state index contributed by atoms with van der Waals surface area (Å²) in [6.45, 7) is 1.15. The lowest BCUT2D eigenvalue weighted by atomic mass is 10.1. The predicted octanol–water partition coefficient (Wildman–Crippen LogP) is 2.85. The van der Waals surface area contributed by atoms with Gasteiger partial charge in [-0.1, -0.05) is 0 Å². The third-order valence-electron chi connectivity index (χ3n) is 1.72. The molecule has 0 fully saturated rings. The number of benzene rings is 1. The second-order valence-electron chi connectivity index (χ2n) is 3.10. The average molecular weight is 344 g/mol. The van der Waals surface area contributed by atoms with Gasteiger partial charge in [-0.15, -0.1) is 0 Å². The van der Waals surface area contributed by atoms with Crippen molar-refractivity contribution < 1.29 is 18.0 Å². The van der Waals surface area contributed by atoms with Crippen LogP contribution in [0.4, 0.5) is 24.5 Å². The minimum Gasteiger partial charge on any atom is -0.399 e. The number of anilines is 2. The van der Waals surface area contributed by atoms with Crippen molar-refractivity contribution in [2.45, 2.75) is 13.1 Å². The van der Waals surface area contributed by atoms with Crippen LogP contribution in [0.1, 0.15) is 12.5 Å². The zero-order valence-corrected chi connectivity index (χ0v) is 10.3. The second-order valence-corrected chi connectivity index (χ2v) is 4.27. The highest BCUT2D eigenvalue weighted by atomic mass is 127. The summed E-state index contributed by atoms with van der Waals surface area (Å²) in [4.78, 5) is 10.8. The number of carbonyl (C=O) groups is 1. The molecule has 0 saturated carbocycles. The molecule has 0 saturated heterocycles. The van der Waals surface area contributed by atoms with Crippen molar-refractivity contribution in [3.63, 3.8) is 0 Å². The average Bonchev–Trinajstić information content (AvgIpc) is 2.06. The number of amides is 1. The zero-order chi connectivity index (χ0) is 12.5. The molecule has 1 aromatic rings. The Morgan fingerprint density at radius 3 is 2.44 bits per heavy atom. The Morgan fingerprint density at radius 1 is 1.44 bits per heavy atom. The molecule has 1 rings (SSSR count). The third kappa shape index (κ3) is 3.00. The van der Waals surface area contributed by atoms with E-state index in [2.05, 4.69) is 5.32 Å². The summed E-state index contributed by atoms with van der Waals surface area (Å²) < 4.78 is 38.2. The maximum atomic E-state index is 12.6. The highest BCUT2D eigenvalue weighted by Gasteiger charge is 2.35. The van der Waals surface area contributed by atoms with E-state index in [0.717, 1.165) is 13.0 Å². The molecule has 0 radical (unpaired) electrons. The van der Waals surface area contributed by atoms with Gasteiger partial charge in [-0.05, 0) is 34.7 Å². The molecule has 0 aromatic heterocycles. The number of rotatable bonds is 1. The van der Waals surface area contributed by atoms with Gasteiger partial charge in [-0.2, -0.15) is 13.2 Å². The maximum Gasteiger partial charge on any atom is 0.418 e. The number of carbonyl (C=O) groups excluding carboxylic acids is 1. The number of hydrogen-bond donors (Lipinski definition) is 2. The van der Waals surface area contributed by atoms with Crippen molar-refractivity contribution in [3.8, 4) is 0 Å². The molecule has 0 bridgehead atoms. The fourth-order valence-corrected chi connectivity index (χ4v) is 1.94. The number of nitrogen functional groups attached to an aromatic ring is 1. The Balaban J connectivity index is 3.38. The molecule has 0 atom stereocenters. The first kappa shape index (κ1) is 13.1. The van der Waals surface area contributed by atoms with Gasteiger partial charge >= 0.3 is 6.18 Å². The second kappa shape index (κ2) is 4.48. The van der Waals surface area contributed by atoms with Crippen LogP contribution in [0, 0.1) is 3.57 Å². The van der Waals surface area contributed by atoms with Crippen molar-refractivity contribution in [2.24, 2.45) is 0 Å². The molecule has 7 heteroatoms. The van der Waals surface area contributed by atoms with E-state index in [1.807, 2.05) is 0 Å². The molecule has 0 unspecified atom stereocenters. The first-order valence-corrected chi connectivity index (χ1v) is 5.23. The lowest BCUT2D eigenvalue weighted by molar-refractivity contribution is -0.137. The van der Waals surface area contributed by atoms with Crippen molar-refractivity contribution in [1.29, 1.82) is 0 Å². The molecule has 0 spiro atoms. The molecule has 1 amide bonds. The van der Waals surface area contributed by atoms with E-state index in [-0.39, 0.29) is 14.9 Å². The van der Waals surface area contributed by atoms with E-state index in [0.29, 0.717) is 0 Å². The topological polar surface area (TPSA) is 55.1 Å². The minimum atomic E-state index is -4.55. The smallest absolute Gasteiger partial charge is 0.399 e. The summed E-state index contributed by atoms with van der Waals surface area (Å²) >= 11 is 1.69. The predicted molar refractivity (Wildman–Crippen MR) is 62.9 cm³/mol. The Hall–Kier alpha value is -0.990. The van der Waals surface area contributed by atoms with Gasteiger partial charge in [-0.3, -0.25) is 4.79 Å². The van der Waals surface area contributed by atoms with Gasteiger partial charge in [0.25, 0.3) is 0 Å². The van der Waals surface area contributed by atoms with Crippen LogP contribution in [0.5, 0.6) is 0 Å². The lowest BCUT2D eigenvalue weighted by Gasteiger charge is -2.15. The van der Waals surface area contributed by atoms with Gasteiger partial charge in [0.2, 0.25) is 5.91 Å². The molecule has 16 heavy (non-hydrogen) atoms. The van der Waals surface area contributed by atoms with Crippen molar-refractivity contribution in [1.82, 2.24) is 0 Å². The number of nitrogens with one attached hydrogen (secondary N) is 1. The zero-order valence-electron chi connectivity index (χ0n) is 8.15. The van der Waals surface area contributed by atoms with Gasteiger partial charge in [0.05, 0.1) is 11.3 Å². The molecule has 0 heterocycles. The molecule has 0 aliphatic heterocycles. The van der Waals surface area contributed by atoms with Gasteiger partial charge in [0, 0.05) is 16.2 Å². The van der Waals surface area contributed by atoms with Gasteiger partial charge in [0.15, 0.2) is 0 Å². The van der Waals surface area contributed by atoms with Crippen LogP contribution in [0.2, 0.25) is 0 Å². The molecular weight excluding hydrogens is 336 g/mol. The Labute approximate surface area is 103 Å². The molecule has 0 aliphatic carbocycles. The Bertz CT molecular complexity index is 431. The Morgan fingerprint density at radius 2 is 2.00 bits per heavy atom. The quantitative estimate of drug-likeness (QED) is 0.608. The number of nitrogens with two attached hydrogens (primary N) is 1. The molecule has 3 nitrogen and oxygen atoms in total. The van der Waals surface area contributed by atoms with E-state index >= 15 is 0 Å². The Kier molecular flexibility index (Phi) is 3.66. The standard InChI is InChI=1S/C9H8F3IN2O/c1-4(16)15-8-6(9(10,11)12)2-5(14)3-7(8)13/h2-3H,14H2,1H3,(H,15,16). The van der Waals surface area contributed by atoms with Crippen LogP contribution in [0.3, 0.4) is 0 Å². The summed E-state index contributed by atoms with van der Waals surface area (Å²) in [6, 6.07) is 2.16. The maximum absolute atomic E-state index is 12.6. The summed E-state index contributed by atoms with van der Waals surface area (Å²) in [5.74, 6) is -0.562. The third-order valence-corrected chi connectivity index (χ3v) is 2.57. The summed E-state index contributed by atoms with van der Waals surface area (Å²) in [6.07, 6.45) is -4.55. The number of hydrogen-bond acceptors (Lipinski definition) is 2. The molecule has 0 aliphatic rings. The highest BCUT2D eigenvalue weighted by Crippen LogP contribution is 2.38. The van der Waals surface area contributed by atoms with Crippen molar-refractivity contribution >= 4 is 39.9 Å². The first-order valence-electron chi connectivity index (χ1n) is 4.15. The van der Waals surface area contributed by atoms with Crippen molar-refractivity contribution in [2.75, 3.05) is 11.1 Å². The van der Waals surface area contributed by atoms with E-state index in [1.54, 1.807) is 22.6 Å². The normalized spacial score (nSPS) is 11.3. The van der Waals surface area contributed by atoms with E-state index in [4.69, 9.17) is 5.73 Å². The molecule has 1 aromatic carbocycles. The monoisotopic (exact) mass is 344 g/mol. The summed E-state index contributed by atoms with van der Waals surface area (Å²) in [7, 11) is 0. The lowest BCUT2D eigenvalue weighted by Crippen LogP contribution is -2.15. The largest absolute Gasteiger partial charge is 0.418 e. The van der Waals surface area contributed by atoms with Crippen LogP contribution in [0.15, 0.2) is 12.1 Å².